The molecule has 3 aromatic carbocycles. The van der Waals surface area contributed by atoms with E-state index in [9.17, 15) is 14.0 Å². The van der Waals surface area contributed by atoms with Gasteiger partial charge >= 0.3 is 0 Å². The van der Waals surface area contributed by atoms with Gasteiger partial charge in [0.2, 0.25) is 5.43 Å². The number of hydrogen-bond donors (Lipinski definition) is 0. The average molecular weight is 659 g/mol. The summed E-state index contributed by atoms with van der Waals surface area (Å²) in [6, 6.07) is 26.4. The van der Waals surface area contributed by atoms with Gasteiger partial charge in [0, 0.05) is 41.2 Å². The van der Waals surface area contributed by atoms with Crippen LogP contribution >= 0.6 is 11.6 Å². The van der Waals surface area contributed by atoms with Gasteiger partial charge in [0.25, 0.3) is 0 Å². The highest BCUT2D eigenvalue weighted by Gasteiger charge is 2.21. The van der Waals surface area contributed by atoms with Crippen molar-refractivity contribution in [3.63, 3.8) is 0 Å². The predicted molar refractivity (Wildman–Crippen MR) is 182 cm³/mol. The van der Waals surface area contributed by atoms with Gasteiger partial charge < -0.3 is 4.74 Å². The third-order valence-electron chi connectivity index (χ3n) is 7.26. The van der Waals surface area contributed by atoms with E-state index in [1.807, 2.05) is 74.5 Å². The normalized spacial score (nSPS) is 10.9. The second-order valence-corrected chi connectivity index (χ2v) is 11.4. The summed E-state index contributed by atoms with van der Waals surface area (Å²) in [5, 5.41) is 4.48. The zero-order chi connectivity index (χ0) is 33.6. The number of carbonyl (C=O) groups excluding carboxylic acids is 1. The lowest BCUT2D eigenvalue weighted by Crippen LogP contribution is -2.26. The first-order valence-corrected chi connectivity index (χ1v) is 15.4. The number of pyridine rings is 1. The summed E-state index contributed by atoms with van der Waals surface area (Å²) in [6.07, 6.45) is 5.64. The van der Waals surface area contributed by atoms with Gasteiger partial charge in [-0.15, -0.1) is 0 Å². The number of ketones is 1. The van der Waals surface area contributed by atoms with E-state index in [1.54, 1.807) is 18.5 Å². The molecule has 0 atom stereocenters. The maximum atomic E-state index is 13.5. The second-order valence-electron chi connectivity index (χ2n) is 11.0. The molecule has 0 unspecified atom stereocenters. The molecule has 3 aromatic heterocycles. The third kappa shape index (κ3) is 7.24. The van der Waals surface area contributed by atoms with Crippen LogP contribution in [-0.2, 0) is 6.42 Å². The van der Waals surface area contributed by atoms with E-state index in [2.05, 4.69) is 20.1 Å². The van der Waals surface area contributed by atoms with E-state index in [-0.39, 0.29) is 51.9 Å². The van der Waals surface area contributed by atoms with Crippen molar-refractivity contribution in [1.29, 1.82) is 0 Å². The highest BCUT2D eigenvalue weighted by atomic mass is 35.5. The van der Waals surface area contributed by atoms with Crippen LogP contribution < -0.4 is 10.2 Å². The van der Waals surface area contributed by atoms with Crippen LogP contribution in [0.15, 0.2) is 126 Å². The largest absolute Gasteiger partial charge is 0.452 e. The Kier molecular flexibility index (Phi) is 9.54. The summed E-state index contributed by atoms with van der Waals surface area (Å²) < 4.78 is 21.0. The van der Waals surface area contributed by atoms with Crippen LogP contribution in [0, 0.1) is 5.82 Å². The van der Waals surface area contributed by atoms with Crippen LogP contribution in [0.25, 0.3) is 11.1 Å². The summed E-state index contributed by atoms with van der Waals surface area (Å²) in [5.41, 5.74) is 2.39. The first kappa shape index (κ1) is 32.1. The highest BCUT2D eigenvalue weighted by Crippen LogP contribution is 2.35. The zero-order valence-corrected chi connectivity index (χ0v) is 26.7. The number of aliphatic imine (C=N–C) groups is 1. The number of ether oxygens (including phenoxy) is 1. The summed E-state index contributed by atoms with van der Waals surface area (Å²) in [7, 11) is 0. The van der Waals surface area contributed by atoms with Gasteiger partial charge in [-0.25, -0.2) is 24.3 Å². The molecule has 0 N–H and O–H groups in total. The van der Waals surface area contributed by atoms with E-state index < -0.39 is 17.0 Å². The number of hydrogen-bond acceptors (Lipinski definition) is 8. The summed E-state index contributed by atoms with van der Waals surface area (Å²) >= 11 is 6.72. The molecular formula is C37H28ClFN6O3. The van der Waals surface area contributed by atoms with Crippen molar-refractivity contribution in [1.82, 2.24) is 24.7 Å². The monoisotopic (exact) mass is 658 g/mol. The molecule has 11 heteroatoms. The molecule has 0 saturated carbocycles. The highest BCUT2D eigenvalue weighted by molar-refractivity contribution is 6.34. The number of rotatable bonds is 10. The Hall–Kier alpha value is -5.87. The Labute approximate surface area is 280 Å². The molecule has 0 amide bonds. The van der Waals surface area contributed by atoms with Gasteiger partial charge in [-0.2, -0.15) is 5.10 Å². The maximum absolute atomic E-state index is 13.5. The third-order valence-corrected chi connectivity index (χ3v) is 7.62. The predicted octanol–water partition coefficient (Wildman–Crippen LogP) is 7.86. The molecule has 6 aromatic rings. The molecule has 0 aliphatic rings. The van der Waals surface area contributed by atoms with Crippen molar-refractivity contribution in [2.24, 2.45) is 4.99 Å². The minimum Gasteiger partial charge on any atom is -0.452 e. The van der Waals surface area contributed by atoms with Crippen molar-refractivity contribution in [2.75, 3.05) is 0 Å². The number of Topliss-reactive ketones (excluding diaryl/α,β-unsaturated/α-hetero) is 1. The lowest BCUT2D eigenvalue weighted by Gasteiger charge is -2.13. The Bertz CT molecular complexity index is 2110. The molecule has 9 nitrogen and oxygen atoms in total. The fraction of sp³-hybridized carbons (Fsp3) is 0.108. The zero-order valence-electron chi connectivity index (χ0n) is 25.9. The molecular weight excluding hydrogens is 631 g/mol. The van der Waals surface area contributed by atoms with Crippen LogP contribution in [0.5, 0.6) is 11.5 Å². The molecule has 0 bridgehead atoms. The Balaban J connectivity index is 1.23. The maximum Gasteiger partial charge on any atom is 0.219 e. The SMILES string of the molecule is CC(C)n1cc(-c2ccc(F)cc2)c(=O)c(C(=O)Cc2ncc(Oc3ccnc(N=C(c4ccccc4)c4ccccc4)c3Cl)cn2)n1. The summed E-state index contributed by atoms with van der Waals surface area (Å²) in [4.78, 5) is 44.4. The van der Waals surface area contributed by atoms with Crippen molar-refractivity contribution in [3.8, 4) is 22.6 Å². The van der Waals surface area contributed by atoms with Gasteiger partial charge in [-0.1, -0.05) is 84.4 Å². The first-order chi connectivity index (χ1) is 23.3. The number of carbonyl (C=O) groups is 1. The minimum absolute atomic E-state index is 0.140. The van der Waals surface area contributed by atoms with Gasteiger partial charge in [-0.3, -0.25) is 14.3 Å². The molecule has 238 valence electrons. The molecule has 0 fully saturated rings. The molecule has 48 heavy (non-hydrogen) atoms. The van der Waals surface area contributed by atoms with Gasteiger partial charge in [0.05, 0.1) is 24.5 Å². The van der Waals surface area contributed by atoms with Crippen LogP contribution in [-0.4, -0.2) is 36.2 Å². The Morgan fingerprint density at radius 1 is 0.896 bits per heavy atom. The van der Waals surface area contributed by atoms with Crippen LogP contribution in [0.1, 0.15) is 47.3 Å². The molecule has 0 aliphatic carbocycles. The van der Waals surface area contributed by atoms with Crippen LogP contribution in [0.3, 0.4) is 0 Å². The smallest absolute Gasteiger partial charge is 0.219 e. The van der Waals surface area contributed by atoms with Crippen LogP contribution in [0.2, 0.25) is 5.02 Å². The quantitative estimate of drug-likeness (QED) is 0.109. The van der Waals surface area contributed by atoms with E-state index in [4.69, 9.17) is 21.3 Å². The second kappa shape index (κ2) is 14.3. The Morgan fingerprint density at radius 2 is 1.52 bits per heavy atom. The molecule has 0 aliphatic heterocycles. The minimum atomic E-state index is -0.558. The van der Waals surface area contributed by atoms with E-state index in [1.165, 1.54) is 41.3 Å². The fourth-order valence-electron chi connectivity index (χ4n) is 4.80. The van der Waals surface area contributed by atoms with Crippen molar-refractivity contribution < 1.29 is 13.9 Å². The van der Waals surface area contributed by atoms with Crippen molar-refractivity contribution in [3.05, 3.63) is 159 Å². The van der Waals surface area contributed by atoms with E-state index in [0.717, 1.165) is 11.1 Å². The lowest BCUT2D eigenvalue weighted by molar-refractivity contribution is 0.0982. The molecule has 0 saturated heterocycles. The number of halogens is 2. The number of benzene rings is 3. The summed E-state index contributed by atoms with van der Waals surface area (Å²) in [5.74, 6) is -0.00752. The molecule has 6 rings (SSSR count). The number of aromatic nitrogens is 5. The van der Waals surface area contributed by atoms with Crippen LogP contribution in [0.4, 0.5) is 10.2 Å². The standard InChI is InChI=1S/C37H28ClFN6O3/c1-23(2)45-22-29(24-13-15-27(39)16-14-24)36(47)35(44-45)30(46)19-32-41-20-28(21-42-32)48-31-17-18-40-37(33(31)38)43-34(25-9-5-3-6-10-25)26-11-7-4-8-12-26/h3-18,20-23H,19H2,1-2H3. The van der Waals surface area contributed by atoms with Gasteiger partial charge in [0.15, 0.2) is 28.8 Å². The first-order valence-electron chi connectivity index (χ1n) is 15.0. The lowest BCUT2D eigenvalue weighted by atomic mass is 10.0. The summed E-state index contributed by atoms with van der Waals surface area (Å²) in [6.45, 7) is 3.75. The average Bonchev–Trinajstić information content (AvgIpc) is 3.10. The van der Waals surface area contributed by atoms with Crippen molar-refractivity contribution >= 4 is 28.9 Å². The number of nitrogens with zero attached hydrogens (tertiary/aromatic N) is 6. The van der Waals surface area contributed by atoms with Crippen molar-refractivity contribution in [2.45, 2.75) is 26.3 Å². The van der Waals surface area contributed by atoms with Gasteiger partial charge in [-0.05, 0) is 31.5 Å². The Morgan fingerprint density at radius 3 is 2.12 bits per heavy atom. The molecule has 0 radical (unpaired) electrons. The molecule has 3 heterocycles. The molecule has 0 spiro atoms. The van der Waals surface area contributed by atoms with E-state index >= 15 is 0 Å². The fourth-order valence-corrected chi connectivity index (χ4v) is 4.99. The van der Waals surface area contributed by atoms with E-state index in [0.29, 0.717) is 11.3 Å². The van der Waals surface area contributed by atoms with Gasteiger partial charge in [0.1, 0.15) is 16.7 Å². The topological polar surface area (TPSA) is 112 Å².